The van der Waals surface area contributed by atoms with Gasteiger partial charge >= 0.3 is 0 Å². The van der Waals surface area contributed by atoms with E-state index in [-0.39, 0.29) is 0 Å². The van der Waals surface area contributed by atoms with Gasteiger partial charge in [-0.2, -0.15) is 0 Å². The Balaban J connectivity index is 2.46. The van der Waals surface area contributed by atoms with E-state index in [9.17, 15) is 0 Å². The second-order valence-electron chi connectivity index (χ2n) is 17.5. The Bertz CT molecular complexity index is 798. The molecule has 1 heterocycles. The first-order valence-electron chi connectivity index (χ1n) is 23.5. The molecule has 0 spiro atoms. The maximum absolute atomic E-state index is 2.59. The van der Waals surface area contributed by atoms with Crippen LogP contribution in [0.1, 0.15) is 265 Å². The highest BCUT2D eigenvalue weighted by molar-refractivity contribution is 4.76. The number of aryl methyl sites for hydroxylation is 1. The van der Waals surface area contributed by atoms with Gasteiger partial charge in [-0.1, -0.05) is 227 Å². The minimum absolute atomic E-state index is 0.689. The molecule has 0 N–H and O–H groups in total. The van der Waals surface area contributed by atoms with Gasteiger partial charge in [-0.3, -0.25) is 0 Å². The van der Waals surface area contributed by atoms with E-state index in [0.717, 1.165) is 17.8 Å². The van der Waals surface area contributed by atoms with Crippen LogP contribution < -0.4 is 4.57 Å². The Labute approximate surface area is 317 Å². The molecule has 1 aromatic heterocycles. The lowest BCUT2D eigenvalue weighted by Crippen LogP contribution is -2.24. The normalized spacial score (nSPS) is 14.3. The largest absolute Gasteiger partial charge is 0.243 e. The zero-order valence-electron chi connectivity index (χ0n) is 35.7. The molecule has 0 aliphatic heterocycles. The minimum atomic E-state index is 0.689. The summed E-state index contributed by atoms with van der Waals surface area (Å²) >= 11 is 0. The lowest BCUT2D eigenvalue weighted by Gasteiger charge is -2.22. The molecule has 2 nitrogen and oxygen atoms in total. The van der Waals surface area contributed by atoms with Crippen LogP contribution in [-0.2, 0) is 7.05 Å². The number of aromatic nitrogens is 2. The quantitative estimate of drug-likeness (QED) is 0.0478. The van der Waals surface area contributed by atoms with E-state index in [1.807, 2.05) is 0 Å². The number of hydrogen-bond donors (Lipinski definition) is 0. The lowest BCUT2D eigenvalue weighted by molar-refractivity contribution is -0.671. The van der Waals surface area contributed by atoms with Crippen molar-refractivity contribution in [2.75, 3.05) is 0 Å². The number of rotatable bonds is 39. The number of hydrogen-bond acceptors (Lipinski definition) is 0. The van der Waals surface area contributed by atoms with Crippen molar-refractivity contribution < 1.29 is 4.57 Å². The van der Waals surface area contributed by atoms with Crippen LogP contribution in [0.4, 0.5) is 0 Å². The minimum Gasteiger partial charge on any atom is -0.240 e. The molecule has 2 heteroatoms. The Morgan fingerprint density at radius 3 is 1.24 bits per heavy atom. The summed E-state index contributed by atoms with van der Waals surface area (Å²) in [5, 5.41) is 0. The fourth-order valence-corrected chi connectivity index (χ4v) is 8.67. The van der Waals surface area contributed by atoms with Gasteiger partial charge in [0.1, 0.15) is 18.4 Å². The highest BCUT2D eigenvalue weighted by Crippen LogP contribution is 2.30. The van der Waals surface area contributed by atoms with Crippen molar-refractivity contribution >= 4 is 0 Å². The fourth-order valence-electron chi connectivity index (χ4n) is 8.67. The van der Waals surface area contributed by atoms with Crippen LogP contribution in [0.25, 0.3) is 0 Å². The summed E-state index contributed by atoms with van der Waals surface area (Å²) in [5.74, 6) is 2.78. The average Bonchev–Trinajstić information content (AvgIpc) is 3.54. The summed E-state index contributed by atoms with van der Waals surface area (Å²) in [6.07, 6.45) is 57.3. The van der Waals surface area contributed by atoms with Crippen LogP contribution in [0, 0.1) is 17.8 Å². The van der Waals surface area contributed by atoms with Crippen molar-refractivity contribution in [3.05, 3.63) is 18.7 Å². The molecule has 0 radical (unpaired) electrons. The van der Waals surface area contributed by atoms with Crippen molar-refractivity contribution in [2.45, 2.75) is 265 Å². The van der Waals surface area contributed by atoms with E-state index in [1.165, 1.54) is 225 Å². The molecule has 0 amide bonds. The molecule has 4 atom stereocenters. The second-order valence-corrected chi connectivity index (χ2v) is 17.5. The molecule has 0 fully saturated rings. The Morgan fingerprint density at radius 2 is 0.780 bits per heavy atom. The fraction of sp³-hybridized carbons (Fsp3) is 0.938. The van der Waals surface area contributed by atoms with E-state index in [2.05, 4.69) is 69.5 Å². The summed E-state index contributed by atoms with van der Waals surface area (Å²) in [6, 6.07) is 0.689. The third kappa shape index (κ3) is 28.8. The van der Waals surface area contributed by atoms with Gasteiger partial charge in [0.05, 0.1) is 7.05 Å². The van der Waals surface area contributed by atoms with Gasteiger partial charge in [0.2, 0.25) is 6.33 Å². The summed E-state index contributed by atoms with van der Waals surface area (Å²) in [5.41, 5.74) is 0. The van der Waals surface area contributed by atoms with Crippen molar-refractivity contribution in [1.29, 1.82) is 0 Å². The van der Waals surface area contributed by atoms with Gasteiger partial charge in [0.15, 0.2) is 0 Å². The zero-order chi connectivity index (χ0) is 36.3. The monoisotopic (exact) mass is 700 g/mol. The van der Waals surface area contributed by atoms with E-state index < -0.39 is 0 Å². The van der Waals surface area contributed by atoms with Gasteiger partial charge < -0.3 is 0 Å². The number of nitrogens with zero attached hydrogens (tertiary/aromatic N) is 2. The lowest BCUT2D eigenvalue weighted by atomic mass is 9.84. The van der Waals surface area contributed by atoms with Gasteiger partial charge in [-0.05, 0) is 49.9 Å². The molecule has 1 aromatic rings. The third-order valence-electron chi connectivity index (χ3n) is 12.1. The van der Waals surface area contributed by atoms with Gasteiger partial charge in [0, 0.05) is 0 Å². The van der Waals surface area contributed by atoms with Crippen molar-refractivity contribution in [3.63, 3.8) is 0 Å². The second kappa shape index (κ2) is 35.3. The first kappa shape index (κ1) is 47.2. The number of imidazole rings is 1. The molecule has 0 saturated carbocycles. The first-order chi connectivity index (χ1) is 24.5. The van der Waals surface area contributed by atoms with Crippen LogP contribution in [0.5, 0.6) is 0 Å². The predicted octanol–water partition coefficient (Wildman–Crippen LogP) is 16.5. The summed E-state index contributed by atoms with van der Waals surface area (Å²) in [7, 11) is 2.18. The van der Waals surface area contributed by atoms with Gasteiger partial charge in [0.25, 0.3) is 0 Å². The first-order valence-corrected chi connectivity index (χ1v) is 23.5. The molecular weight excluding hydrogens is 605 g/mol. The molecule has 1 rings (SSSR count). The maximum atomic E-state index is 2.59. The molecule has 4 unspecified atom stereocenters. The van der Waals surface area contributed by atoms with Crippen LogP contribution in [0.15, 0.2) is 18.7 Å². The summed E-state index contributed by atoms with van der Waals surface area (Å²) in [6.45, 7) is 12.1. The van der Waals surface area contributed by atoms with E-state index >= 15 is 0 Å². The molecule has 296 valence electrons. The molecule has 50 heavy (non-hydrogen) atoms. The van der Waals surface area contributed by atoms with Gasteiger partial charge in [-0.15, -0.1) is 0 Å². The zero-order valence-corrected chi connectivity index (χ0v) is 35.7. The Kier molecular flexibility index (Phi) is 33.3. The van der Waals surface area contributed by atoms with E-state index in [4.69, 9.17) is 0 Å². The molecule has 0 aliphatic carbocycles. The van der Waals surface area contributed by atoms with E-state index in [0.29, 0.717) is 6.04 Å². The van der Waals surface area contributed by atoms with Crippen molar-refractivity contribution in [2.24, 2.45) is 24.8 Å². The maximum Gasteiger partial charge on any atom is 0.243 e. The Hall–Kier alpha value is -0.790. The highest BCUT2D eigenvalue weighted by atomic mass is 15.1. The van der Waals surface area contributed by atoms with Crippen LogP contribution in [0.3, 0.4) is 0 Å². The molecular formula is C48H95N2+. The van der Waals surface area contributed by atoms with Crippen molar-refractivity contribution in [3.8, 4) is 0 Å². The topological polar surface area (TPSA) is 8.81 Å². The molecule has 0 saturated heterocycles. The standard InChI is InChI=1S/C48H95N2/c1-7-10-13-16-19-20-21-22-23-24-26-29-37-47(43-46(5)36-33-35-45(4)34-28-25-17-14-11-8-2)38-31-32-40-48(50-42-41-49(6)44-50)39-30-27-18-15-12-9-3/h41-42,44-48H,7-40,43H2,1-6H3/q+1. The molecule has 0 bridgehead atoms. The van der Waals surface area contributed by atoms with Crippen molar-refractivity contribution in [1.82, 2.24) is 4.57 Å². The summed E-state index contributed by atoms with van der Waals surface area (Å²) < 4.78 is 4.77. The van der Waals surface area contributed by atoms with E-state index in [1.54, 1.807) is 0 Å². The average molecular weight is 700 g/mol. The molecule has 0 aliphatic rings. The van der Waals surface area contributed by atoms with Crippen LogP contribution in [0.2, 0.25) is 0 Å². The predicted molar refractivity (Wildman–Crippen MR) is 225 cm³/mol. The SMILES string of the molecule is CCCCCCCCCCCCCCC(CCCCC(CCCCCCCC)n1cc[n+](C)c1)CC(C)CCCC(C)CCCCCCCC. The third-order valence-corrected chi connectivity index (χ3v) is 12.1. The van der Waals surface area contributed by atoms with Crippen LogP contribution >= 0.6 is 0 Å². The Morgan fingerprint density at radius 1 is 0.420 bits per heavy atom. The smallest absolute Gasteiger partial charge is 0.240 e. The molecule has 0 aromatic carbocycles. The number of unbranched alkanes of at least 4 members (excludes halogenated alkanes) is 22. The summed E-state index contributed by atoms with van der Waals surface area (Å²) in [4.78, 5) is 0. The van der Waals surface area contributed by atoms with Crippen LogP contribution in [-0.4, -0.2) is 4.57 Å². The highest BCUT2D eigenvalue weighted by Gasteiger charge is 2.18. The van der Waals surface area contributed by atoms with Gasteiger partial charge in [-0.25, -0.2) is 9.13 Å².